The van der Waals surface area contributed by atoms with Gasteiger partial charge in [-0.3, -0.25) is 14.5 Å². The Kier molecular flexibility index (Phi) is 8.17. The number of hydrogen-bond donors (Lipinski definition) is 1. The highest BCUT2D eigenvalue weighted by molar-refractivity contribution is 6.36. The van der Waals surface area contributed by atoms with Crippen LogP contribution in [0.4, 0.5) is 11.4 Å². The molecule has 2 aromatic rings. The van der Waals surface area contributed by atoms with Gasteiger partial charge in [0.25, 0.3) is 11.8 Å². The maximum absolute atomic E-state index is 13.4. The number of anilines is 2. The number of rotatable bonds is 11. The molecule has 1 heterocycles. The molecule has 0 aromatic heterocycles. The predicted octanol–water partition coefficient (Wildman–Crippen LogP) is 3.78. The third-order valence-electron chi connectivity index (χ3n) is 5.47. The lowest BCUT2D eigenvalue weighted by atomic mass is 10.0. The second kappa shape index (κ2) is 11.1. The summed E-state index contributed by atoms with van der Waals surface area (Å²) in [4.78, 5) is 30.1. The molecular formula is C26H33N3O5. The minimum atomic E-state index is -0.365. The second-order valence-electron chi connectivity index (χ2n) is 8.42. The highest BCUT2D eigenvalue weighted by atomic mass is 16.5. The molecular weight excluding hydrogens is 434 g/mol. The van der Waals surface area contributed by atoms with Crippen LogP contribution in [0.3, 0.4) is 0 Å². The Labute approximate surface area is 201 Å². The molecule has 3 rings (SSSR count). The van der Waals surface area contributed by atoms with Crippen molar-refractivity contribution in [3.05, 3.63) is 53.7 Å². The van der Waals surface area contributed by atoms with Crippen LogP contribution in [0.2, 0.25) is 0 Å². The molecule has 8 heteroatoms. The number of carbonyl (C=O) groups excluding carboxylic acids is 2. The van der Waals surface area contributed by atoms with Crippen molar-refractivity contribution in [2.24, 2.45) is 0 Å². The maximum atomic E-state index is 13.4. The first-order valence-corrected chi connectivity index (χ1v) is 11.3. The molecule has 8 nitrogen and oxygen atoms in total. The van der Waals surface area contributed by atoms with E-state index in [1.165, 1.54) is 12.0 Å². The van der Waals surface area contributed by atoms with Crippen LogP contribution in [0.1, 0.15) is 25.8 Å². The first-order chi connectivity index (χ1) is 16.3. The summed E-state index contributed by atoms with van der Waals surface area (Å²) in [6, 6.07) is 12.8. The van der Waals surface area contributed by atoms with E-state index in [4.69, 9.17) is 14.2 Å². The standard InChI is InChI=1S/C26H33N3O5/c1-17(2)34-15-7-14-29-25(30)23(18-8-13-21(32-5)22(16-18)33-6)24(26(29)31)27-19-9-11-20(12-10-19)28(3)4/h8-13,16-17,27H,7,14-15H2,1-6H3. The molecule has 0 spiro atoms. The summed E-state index contributed by atoms with van der Waals surface area (Å²) in [6.45, 7) is 4.64. The number of methoxy groups -OCH3 is 2. The Morgan fingerprint density at radius 1 is 0.941 bits per heavy atom. The highest BCUT2D eigenvalue weighted by Crippen LogP contribution is 2.36. The van der Waals surface area contributed by atoms with Gasteiger partial charge >= 0.3 is 0 Å². The Bertz CT molecular complexity index is 1060. The summed E-state index contributed by atoms with van der Waals surface area (Å²) in [5, 5.41) is 3.19. The van der Waals surface area contributed by atoms with Gasteiger partial charge in [0, 0.05) is 38.6 Å². The first kappa shape index (κ1) is 25.1. The Morgan fingerprint density at radius 3 is 2.21 bits per heavy atom. The summed E-state index contributed by atoms with van der Waals surface area (Å²) in [5.41, 5.74) is 2.85. The van der Waals surface area contributed by atoms with Gasteiger partial charge in [-0.25, -0.2) is 0 Å². The fraction of sp³-hybridized carbons (Fsp3) is 0.385. The van der Waals surface area contributed by atoms with Crippen LogP contribution >= 0.6 is 0 Å². The van der Waals surface area contributed by atoms with E-state index >= 15 is 0 Å². The lowest BCUT2D eigenvalue weighted by Gasteiger charge is -2.16. The Hall–Kier alpha value is -3.52. The first-order valence-electron chi connectivity index (χ1n) is 11.3. The molecule has 2 amide bonds. The smallest absolute Gasteiger partial charge is 0.278 e. The molecule has 0 fully saturated rings. The zero-order valence-corrected chi connectivity index (χ0v) is 20.7. The van der Waals surface area contributed by atoms with E-state index in [-0.39, 0.29) is 30.2 Å². The molecule has 2 aromatic carbocycles. The third kappa shape index (κ3) is 5.51. The average Bonchev–Trinajstić information content (AvgIpc) is 3.05. The fourth-order valence-corrected chi connectivity index (χ4v) is 3.68. The zero-order chi connectivity index (χ0) is 24.8. The van der Waals surface area contributed by atoms with Crippen molar-refractivity contribution < 1.29 is 23.8 Å². The van der Waals surface area contributed by atoms with Crippen molar-refractivity contribution >= 4 is 28.8 Å². The van der Waals surface area contributed by atoms with Crippen LogP contribution in [-0.4, -0.2) is 64.3 Å². The van der Waals surface area contributed by atoms with E-state index in [2.05, 4.69) is 5.32 Å². The topological polar surface area (TPSA) is 80.3 Å². The van der Waals surface area contributed by atoms with Crippen LogP contribution in [0.15, 0.2) is 48.2 Å². The number of imide groups is 1. The monoisotopic (exact) mass is 467 g/mol. The number of carbonyl (C=O) groups is 2. The molecule has 0 radical (unpaired) electrons. The fourth-order valence-electron chi connectivity index (χ4n) is 3.68. The molecule has 1 aliphatic heterocycles. The lowest BCUT2D eigenvalue weighted by molar-refractivity contribution is -0.137. The Morgan fingerprint density at radius 2 is 1.62 bits per heavy atom. The largest absolute Gasteiger partial charge is 0.493 e. The normalized spacial score (nSPS) is 13.7. The number of amides is 2. The third-order valence-corrected chi connectivity index (χ3v) is 5.47. The summed E-state index contributed by atoms with van der Waals surface area (Å²) in [6.07, 6.45) is 0.646. The molecule has 0 saturated carbocycles. The van der Waals surface area contributed by atoms with Crippen molar-refractivity contribution in [1.29, 1.82) is 0 Å². The SMILES string of the molecule is COc1ccc(C2=C(Nc3ccc(N(C)C)cc3)C(=O)N(CCCOC(C)C)C2=O)cc1OC. The van der Waals surface area contributed by atoms with Crippen molar-refractivity contribution in [2.45, 2.75) is 26.4 Å². The van der Waals surface area contributed by atoms with Gasteiger partial charge in [0.05, 0.1) is 25.9 Å². The number of nitrogens with one attached hydrogen (secondary N) is 1. The summed E-state index contributed by atoms with van der Waals surface area (Å²) in [5.74, 6) is 0.302. The predicted molar refractivity (Wildman–Crippen MR) is 133 cm³/mol. The average molecular weight is 468 g/mol. The number of hydrogen-bond acceptors (Lipinski definition) is 7. The highest BCUT2D eigenvalue weighted by Gasteiger charge is 2.39. The lowest BCUT2D eigenvalue weighted by Crippen LogP contribution is -2.34. The minimum absolute atomic E-state index is 0.0906. The van der Waals surface area contributed by atoms with Crippen LogP contribution in [0.5, 0.6) is 11.5 Å². The van der Waals surface area contributed by atoms with E-state index < -0.39 is 0 Å². The van der Waals surface area contributed by atoms with E-state index in [1.54, 1.807) is 25.3 Å². The van der Waals surface area contributed by atoms with Crippen LogP contribution in [-0.2, 0) is 14.3 Å². The van der Waals surface area contributed by atoms with E-state index in [9.17, 15) is 9.59 Å². The molecule has 0 unspecified atom stereocenters. The number of nitrogens with zero attached hydrogens (tertiary/aromatic N) is 2. The van der Waals surface area contributed by atoms with Gasteiger partial charge in [-0.15, -0.1) is 0 Å². The van der Waals surface area contributed by atoms with Gasteiger partial charge < -0.3 is 24.4 Å². The molecule has 1 N–H and O–H groups in total. The summed E-state index contributed by atoms with van der Waals surface area (Å²) < 4.78 is 16.3. The van der Waals surface area contributed by atoms with Crippen molar-refractivity contribution in [2.75, 3.05) is 51.7 Å². The van der Waals surface area contributed by atoms with Crippen LogP contribution in [0.25, 0.3) is 5.57 Å². The van der Waals surface area contributed by atoms with Crippen LogP contribution < -0.4 is 19.7 Å². The van der Waals surface area contributed by atoms with Crippen LogP contribution in [0, 0.1) is 0 Å². The zero-order valence-electron chi connectivity index (χ0n) is 20.7. The molecule has 0 aliphatic carbocycles. The number of benzene rings is 2. The van der Waals surface area contributed by atoms with E-state index in [0.717, 1.165) is 5.69 Å². The number of ether oxygens (including phenoxy) is 3. The van der Waals surface area contributed by atoms with Crippen molar-refractivity contribution in [3.63, 3.8) is 0 Å². The Balaban J connectivity index is 1.96. The molecule has 1 aliphatic rings. The van der Waals surface area contributed by atoms with Gasteiger partial charge in [-0.1, -0.05) is 6.07 Å². The summed E-state index contributed by atoms with van der Waals surface area (Å²) in [7, 11) is 7.00. The van der Waals surface area contributed by atoms with E-state index in [0.29, 0.717) is 41.4 Å². The maximum Gasteiger partial charge on any atom is 0.278 e. The molecule has 0 saturated heterocycles. The van der Waals surface area contributed by atoms with Gasteiger partial charge in [0.2, 0.25) is 0 Å². The molecule has 34 heavy (non-hydrogen) atoms. The van der Waals surface area contributed by atoms with Gasteiger partial charge in [0.1, 0.15) is 5.70 Å². The molecule has 182 valence electrons. The van der Waals surface area contributed by atoms with Gasteiger partial charge in [0.15, 0.2) is 11.5 Å². The molecule has 0 bridgehead atoms. The quantitative estimate of drug-likeness (QED) is 0.398. The molecule has 0 atom stereocenters. The van der Waals surface area contributed by atoms with Crippen molar-refractivity contribution in [1.82, 2.24) is 4.90 Å². The van der Waals surface area contributed by atoms with Gasteiger partial charge in [-0.2, -0.15) is 0 Å². The van der Waals surface area contributed by atoms with E-state index in [1.807, 2.05) is 57.1 Å². The van der Waals surface area contributed by atoms with Crippen molar-refractivity contribution in [3.8, 4) is 11.5 Å². The second-order valence-corrected chi connectivity index (χ2v) is 8.42. The van der Waals surface area contributed by atoms with Gasteiger partial charge in [-0.05, 0) is 62.2 Å². The minimum Gasteiger partial charge on any atom is -0.493 e. The summed E-state index contributed by atoms with van der Waals surface area (Å²) >= 11 is 0.